The van der Waals surface area contributed by atoms with Gasteiger partial charge in [0.25, 0.3) is 5.91 Å². The maximum Gasteiger partial charge on any atom is 0.406 e. The monoisotopic (exact) mass is 609 g/mol. The first-order valence-corrected chi connectivity index (χ1v) is 16.7. The SMILES string of the molecule is COc1cc(OC)cc(N(C(=O)c2csc(C#C[Si](C(C)C)(C(C)C)C(C)C)n2)C2CCN(CC(F)(F)F)C2=O)c1. The Morgan fingerprint density at radius 3 is 2.15 bits per heavy atom. The Morgan fingerprint density at radius 1 is 1.10 bits per heavy atom. The van der Waals surface area contributed by atoms with Gasteiger partial charge in [-0.05, 0) is 29.0 Å². The molecule has 1 aliphatic rings. The van der Waals surface area contributed by atoms with E-state index in [1.807, 2.05) is 0 Å². The lowest BCUT2D eigenvalue weighted by Crippen LogP contribution is -2.47. The molecule has 0 N–H and O–H groups in total. The second-order valence-corrected chi connectivity index (χ2v) is 17.5. The van der Waals surface area contributed by atoms with Gasteiger partial charge in [0.2, 0.25) is 5.91 Å². The summed E-state index contributed by atoms with van der Waals surface area (Å²) in [6.45, 7) is 11.7. The van der Waals surface area contributed by atoms with E-state index in [2.05, 4.69) is 58.0 Å². The summed E-state index contributed by atoms with van der Waals surface area (Å²) < 4.78 is 50.1. The fourth-order valence-electron chi connectivity index (χ4n) is 5.85. The van der Waals surface area contributed by atoms with Gasteiger partial charge in [0.05, 0.1) is 19.9 Å². The molecule has 1 aromatic heterocycles. The average molecular weight is 610 g/mol. The molecule has 2 amide bonds. The van der Waals surface area contributed by atoms with Crippen LogP contribution in [0.25, 0.3) is 0 Å². The Bertz CT molecular complexity index is 1270. The van der Waals surface area contributed by atoms with Crippen LogP contribution in [-0.4, -0.2) is 69.3 Å². The molecule has 0 radical (unpaired) electrons. The molecule has 0 bridgehead atoms. The molecule has 1 aliphatic heterocycles. The van der Waals surface area contributed by atoms with Crippen molar-refractivity contribution in [1.29, 1.82) is 0 Å². The first-order valence-electron chi connectivity index (χ1n) is 13.5. The molecular formula is C29H38F3N3O4SSi. The lowest BCUT2D eigenvalue weighted by Gasteiger charge is -2.37. The van der Waals surface area contributed by atoms with Crippen LogP contribution in [0.2, 0.25) is 16.6 Å². The van der Waals surface area contributed by atoms with Gasteiger partial charge < -0.3 is 14.4 Å². The Morgan fingerprint density at radius 2 is 1.66 bits per heavy atom. The van der Waals surface area contributed by atoms with E-state index in [4.69, 9.17) is 9.47 Å². The minimum Gasteiger partial charge on any atom is -0.497 e. The number of rotatable bonds is 9. The molecule has 41 heavy (non-hydrogen) atoms. The van der Waals surface area contributed by atoms with Crippen molar-refractivity contribution in [1.82, 2.24) is 9.88 Å². The molecule has 3 rings (SSSR count). The number of alkyl halides is 3. The maximum absolute atomic E-state index is 14.0. The highest BCUT2D eigenvalue weighted by molar-refractivity contribution is 7.10. The highest BCUT2D eigenvalue weighted by Crippen LogP contribution is 2.41. The van der Waals surface area contributed by atoms with Crippen molar-refractivity contribution in [3.8, 4) is 23.0 Å². The summed E-state index contributed by atoms with van der Waals surface area (Å²) in [5, 5.41) is 2.05. The van der Waals surface area contributed by atoms with E-state index >= 15 is 0 Å². The molecule has 1 unspecified atom stereocenters. The summed E-state index contributed by atoms with van der Waals surface area (Å²) in [4.78, 5) is 33.6. The maximum atomic E-state index is 14.0. The number of ether oxygens (including phenoxy) is 2. The fourth-order valence-corrected chi connectivity index (χ4v) is 11.8. The Balaban J connectivity index is 2.05. The van der Waals surface area contributed by atoms with Crippen LogP contribution in [-0.2, 0) is 4.79 Å². The van der Waals surface area contributed by atoms with Crippen LogP contribution in [0, 0.1) is 11.5 Å². The molecule has 1 aromatic carbocycles. The van der Waals surface area contributed by atoms with Gasteiger partial charge in [-0.2, -0.15) is 13.2 Å². The minimum absolute atomic E-state index is 0.0300. The van der Waals surface area contributed by atoms with E-state index in [0.29, 0.717) is 33.1 Å². The number of thiazole rings is 1. The van der Waals surface area contributed by atoms with Crippen LogP contribution in [0.5, 0.6) is 11.5 Å². The Kier molecular flexibility index (Phi) is 10.2. The number of anilines is 1. The molecule has 1 atom stereocenters. The van der Waals surface area contributed by atoms with Crippen molar-refractivity contribution in [2.24, 2.45) is 0 Å². The number of hydrogen-bond acceptors (Lipinski definition) is 6. The van der Waals surface area contributed by atoms with E-state index in [-0.39, 0.29) is 24.3 Å². The molecule has 0 saturated carbocycles. The topological polar surface area (TPSA) is 72.0 Å². The molecule has 0 spiro atoms. The number of carbonyl (C=O) groups is 2. The number of aromatic nitrogens is 1. The Labute approximate surface area is 245 Å². The molecule has 2 heterocycles. The summed E-state index contributed by atoms with van der Waals surface area (Å²) in [5.41, 5.74) is 5.17. The van der Waals surface area contributed by atoms with Crippen molar-refractivity contribution in [2.75, 3.05) is 32.2 Å². The highest BCUT2D eigenvalue weighted by atomic mass is 32.1. The zero-order chi connectivity index (χ0) is 30.7. The summed E-state index contributed by atoms with van der Waals surface area (Å²) >= 11 is 1.23. The van der Waals surface area contributed by atoms with Gasteiger partial charge >= 0.3 is 6.18 Å². The third-order valence-electron chi connectivity index (χ3n) is 7.76. The van der Waals surface area contributed by atoms with Crippen molar-refractivity contribution < 1.29 is 32.2 Å². The number of nitrogens with zero attached hydrogens (tertiary/aromatic N) is 3. The van der Waals surface area contributed by atoms with Gasteiger partial charge in [-0.25, -0.2) is 4.98 Å². The van der Waals surface area contributed by atoms with Crippen molar-refractivity contribution >= 4 is 36.9 Å². The molecular weight excluding hydrogens is 571 g/mol. The van der Waals surface area contributed by atoms with Gasteiger partial charge in [0.1, 0.15) is 37.9 Å². The second-order valence-electron chi connectivity index (χ2n) is 11.1. The van der Waals surface area contributed by atoms with Crippen LogP contribution in [0.4, 0.5) is 18.9 Å². The van der Waals surface area contributed by atoms with Crippen LogP contribution in [0.1, 0.15) is 63.5 Å². The number of likely N-dealkylation sites (tertiary alicyclic amines) is 1. The third kappa shape index (κ3) is 7.06. The normalized spacial score (nSPS) is 15.9. The second kappa shape index (κ2) is 12.9. The summed E-state index contributed by atoms with van der Waals surface area (Å²) in [6, 6.07) is 3.53. The van der Waals surface area contributed by atoms with Gasteiger partial charge in [0.15, 0.2) is 5.01 Å². The van der Waals surface area contributed by atoms with Gasteiger partial charge in [-0.1, -0.05) is 41.5 Å². The van der Waals surface area contributed by atoms with Gasteiger partial charge in [-0.3, -0.25) is 14.5 Å². The number of amides is 2. The summed E-state index contributed by atoms with van der Waals surface area (Å²) in [5.74, 6) is 2.56. The predicted molar refractivity (Wildman–Crippen MR) is 157 cm³/mol. The molecule has 224 valence electrons. The van der Waals surface area contributed by atoms with Gasteiger partial charge in [-0.15, -0.1) is 16.9 Å². The quantitative estimate of drug-likeness (QED) is 0.239. The number of carbonyl (C=O) groups excluding carboxylic acids is 2. The third-order valence-corrected chi connectivity index (χ3v) is 14.8. The highest BCUT2D eigenvalue weighted by Gasteiger charge is 2.44. The van der Waals surface area contributed by atoms with Gasteiger partial charge in [0, 0.05) is 30.1 Å². The van der Waals surface area contributed by atoms with Crippen LogP contribution >= 0.6 is 11.3 Å². The average Bonchev–Trinajstić information content (AvgIpc) is 3.50. The van der Waals surface area contributed by atoms with E-state index in [0.717, 1.165) is 4.90 Å². The Hall–Kier alpha value is -3.04. The first kappa shape index (κ1) is 32.5. The van der Waals surface area contributed by atoms with E-state index in [1.165, 1.54) is 30.5 Å². The standard InChI is InChI=1S/C29H38F3N3O4SSi/c1-18(2)41(19(3)4,20(5)6)12-10-26-33-24(16-40-26)27(36)35(21-13-22(38-7)15-23(14-21)39-8)25-9-11-34(28(25)37)17-29(30,31)32/h13-16,18-20,25H,9,11,17H2,1-8H3. The smallest absolute Gasteiger partial charge is 0.406 e. The van der Waals surface area contributed by atoms with Crippen molar-refractivity contribution in [3.05, 3.63) is 34.3 Å². The zero-order valence-electron chi connectivity index (χ0n) is 24.8. The molecule has 1 saturated heterocycles. The van der Waals surface area contributed by atoms with Crippen LogP contribution in [0.3, 0.4) is 0 Å². The predicted octanol–water partition coefficient (Wildman–Crippen LogP) is 6.54. The lowest BCUT2D eigenvalue weighted by molar-refractivity contribution is -0.157. The summed E-state index contributed by atoms with van der Waals surface area (Å²) in [6.07, 6.45) is -4.52. The molecule has 12 heteroatoms. The van der Waals surface area contributed by atoms with E-state index in [1.54, 1.807) is 23.6 Å². The molecule has 0 aliphatic carbocycles. The first-order chi connectivity index (χ1) is 19.1. The van der Waals surface area contributed by atoms with E-state index < -0.39 is 38.7 Å². The number of benzene rings is 1. The number of hydrogen-bond donors (Lipinski definition) is 0. The molecule has 2 aromatic rings. The van der Waals surface area contributed by atoms with Crippen molar-refractivity contribution in [2.45, 2.75) is 76.8 Å². The molecule has 7 nitrogen and oxygen atoms in total. The molecule has 1 fully saturated rings. The van der Waals surface area contributed by atoms with Crippen molar-refractivity contribution in [3.63, 3.8) is 0 Å². The number of methoxy groups -OCH3 is 2. The zero-order valence-corrected chi connectivity index (χ0v) is 26.6. The largest absolute Gasteiger partial charge is 0.497 e. The van der Waals surface area contributed by atoms with Crippen LogP contribution in [0.15, 0.2) is 23.6 Å². The lowest BCUT2D eigenvalue weighted by atomic mass is 10.1. The van der Waals surface area contributed by atoms with Crippen LogP contribution < -0.4 is 14.4 Å². The fraction of sp³-hybridized carbons (Fsp3) is 0.552. The number of halogens is 3. The minimum atomic E-state index is -4.55. The summed E-state index contributed by atoms with van der Waals surface area (Å²) in [7, 11) is 0.841. The van der Waals surface area contributed by atoms with E-state index in [9.17, 15) is 22.8 Å².